The second kappa shape index (κ2) is 7.95. The summed E-state index contributed by atoms with van der Waals surface area (Å²) in [5.41, 5.74) is 1.58. The molecular formula is C19H20N4O5. The number of hydrogen-bond acceptors (Lipinski definition) is 5. The van der Waals surface area contributed by atoms with E-state index in [0.29, 0.717) is 11.4 Å². The van der Waals surface area contributed by atoms with Crippen molar-refractivity contribution in [1.82, 2.24) is 15.5 Å². The van der Waals surface area contributed by atoms with E-state index in [9.17, 15) is 19.2 Å². The van der Waals surface area contributed by atoms with Crippen LogP contribution in [-0.4, -0.2) is 41.4 Å². The monoisotopic (exact) mass is 384 g/mol. The number of aryl methyl sites for hydroxylation is 1. The fourth-order valence-electron chi connectivity index (χ4n) is 2.85. The van der Waals surface area contributed by atoms with Gasteiger partial charge in [0.2, 0.25) is 5.91 Å². The molecule has 0 radical (unpaired) electrons. The molecule has 1 saturated heterocycles. The van der Waals surface area contributed by atoms with Crippen LogP contribution >= 0.6 is 0 Å². The van der Waals surface area contributed by atoms with Gasteiger partial charge in [-0.2, -0.15) is 0 Å². The fraction of sp³-hybridized carbons (Fsp3) is 0.263. The molecule has 1 aliphatic rings. The number of furan rings is 1. The van der Waals surface area contributed by atoms with Crippen LogP contribution in [-0.2, 0) is 16.1 Å². The minimum absolute atomic E-state index is 0.103. The number of benzene rings is 1. The van der Waals surface area contributed by atoms with Crippen molar-refractivity contribution in [3.63, 3.8) is 0 Å². The Bertz CT molecular complexity index is 892. The zero-order chi connectivity index (χ0) is 20.3. The van der Waals surface area contributed by atoms with Crippen LogP contribution in [0.3, 0.4) is 0 Å². The summed E-state index contributed by atoms with van der Waals surface area (Å²) in [6, 6.07) is 8.39. The summed E-state index contributed by atoms with van der Waals surface area (Å²) >= 11 is 0. The summed E-state index contributed by atoms with van der Waals surface area (Å²) in [6.07, 6.45) is 1.46. The second-order valence-corrected chi connectivity index (χ2v) is 6.40. The molecule has 0 bridgehead atoms. The van der Waals surface area contributed by atoms with E-state index in [2.05, 4.69) is 10.6 Å². The van der Waals surface area contributed by atoms with Crippen molar-refractivity contribution in [3.8, 4) is 0 Å². The molecule has 6 amide bonds. The number of nitrogens with one attached hydrogen (secondary N) is 2. The van der Waals surface area contributed by atoms with E-state index in [0.717, 1.165) is 10.5 Å². The van der Waals surface area contributed by atoms with Crippen LogP contribution in [0.4, 0.5) is 15.3 Å². The Morgan fingerprint density at radius 3 is 2.50 bits per heavy atom. The zero-order valence-electron chi connectivity index (χ0n) is 15.5. The van der Waals surface area contributed by atoms with Gasteiger partial charge >= 0.3 is 12.1 Å². The first-order valence-electron chi connectivity index (χ1n) is 8.68. The number of carbonyl (C=O) groups excluding carboxylic acids is 4. The standard InChI is InChI=1S/C19H20N4O5/c1-12-5-7-14(8-6-12)23-13(2)17(25)22(19(23)27)11-16(24)21-18(26)20-10-15-4-3-9-28-15/h3-9,13H,10-11H2,1-2H3,(H2,20,21,24,26)/t13-/m0/s1. The summed E-state index contributed by atoms with van der Waals surface area (Å²) < 4.78 is 5.07. The van der Waals surface area contributed by atoms with E-state index < -0.39 is 36.5 Å². The normalized spacial score (nSPS) is 16.4. The van der Waals surface area contributed by atoms with Crippen LogP contribution in [0.5, 0.6) is 0 Å². The van der Waals surface area contributed by atoms with Gasteiger partial charge in [-0.05, 0) is 38.1 Å². The Hall–Kier alpha value is -3.62. The molecule has 1 aliphatic heterocycles. The Labute approximate surface area is 161 Å². The van der Waals surface area contributed by atoms with Crippen molar-refractivity contribution in [2.24, 2.45) is 0 Å². The second-order valence-electron chi connectivity index (χ2n) is 6.40. The highest BCUT2D eigenvalue weighted by molar-refractivity contribution is 6.15. The first-order chi connectivity index (χ1) is 13.4. The van der Waals surface area contributed by atoms with Crippen LogP contribution in [0.2, 0.25) is 0 Å². The molecule has 1 fully saturated rings. The number of urea groups is 2. The largest absolute Gasteiger partial charge is 0.467 e. The maximum Gasteiger partial charge on any atom is 0.332 e. The van der Waals surface area contributed by atoms with Gasteiger partial charge in [-0.3, -0.25) is 24.7 Å². The molecule has 0 unspecified atom stereocenters. The molecule has 0 saturated carbocycles. The molecule has 1 aromatic heterocycles. The van der Waals surface area contributed by atoms with Crippen LogP contribution in [0.1, 0.15) is 18.2 Å². The molecule has 9 heteroatoms. The lowest BCUT2D eigenvalue weighted by molar-refractivity contribution is -0.131. The third-order valence-electron chi connectivity index (χ3n) is 4.32. The number of amides is 6. The fourth-order valence-corrected chi connectivity index (χ4v) is 2.85. The van der Waals surface area contributed by atoms with Gasteiger partial charge in [-0.15, -0.1) is 0 Å². The van der Waals surface area contributed by atoms with Gasteiger partial charge in [-0.1, -0.05) is 17.7 Å². The third-order valence-corrected chi connectivity index (χ3v) is 4.32. The van der Waals surface area contributed by atoms with Crippen molar-refractivity contribution in [2.75, 3.05) is 11.4 Å². The van der Waals surface area contributed by atoms with Crippen molar-refractivity contribution >= 4 is 29.6 Å². The van der Waals surface area contributed by atoms with Crippen LogP contribution in [0, 0.1) is 6.92 Å². The lowest BCUT2D eigenvalue weighted by Crippen LogP contribution is -2.46. The van der Waals surface area contributed by atoms with Crippen molar-refractivity contribution in [3.05, 3.63) is 54.0 Å². The predicted molar refractivity (Wildman–Crippen MR) is 99.3 cm³/mol. The molecule has 9 nitrogen and oxygen atoms in total. The summed E-state index contributed by atoms with van der Waals surface area (Å²) in [6.45, 7) is 3.07. The van der Waals surface area contributed by atoms with Crippen molar-refractivity contribution < 1.29 is 23.6 Å². The van der Waals surface area contributed by atoms with Gasteiger partial charge < -0.3 is 9.73 Å². The summed E-state index contributed by atoms with van der Waals surface area (Å²) in [7, 11) is 0. The Kier molecular flexibility index (Phi) is 5.44. The van der Waals surface area contributed by atoms with Crippen LogP contribution in [0.15, 0.2) is 47.1 Å². The molecule has 0 aliphatic carbocycles. The van der Waals surface area contributed by atoms with Crippen molar-refractivity contribution in [2.45, 2.75) is 26.4 Å². The maximum absolute atomic E-state index is 12.7. The summed E-state index contributed by atoms with van der Waals surface area (Å²) in [5, 5.41) is 4.54. The van der Waals surface area contributed by atoms with E-state index in [1.165, 1.54) is 11.2 Å². The van der Waals surface area contributed by atoms with Gasteiger partial charge in [0, 0.05) is 5.69 Å². The maximum atomic E-state index is 12.7. The predicted octanol–water partition coefficient (Wildman–Crippen LogP) is 1.77. The molecule has 3 rings (SSSR count). The van der Waals surface area contributed by atoms with E-state index in [4.69, 9.17) is 4.42 Å². The molecule has 146 valence electrons. The van der Waals surface area contributed by atoms with Crippen LogP contribution < -0.4 is 15.5 Å². The van der Waals surface area contributed by atoms with E-state index >= 15 is 0 Å². The highest BCUT2D eigenvalue weighted by Crippen LogP contribution is 2.25. The average molecular weight is 384 g/mol. The Morgan fingerprint density at radius 1 is 1.14 bits per heavy atom. The molecule has 1 atom stereocenters. The van der Waals surface area contributed by atoms with E-state index in [1.807, 2.05) is 19.1 Å². The van der Waals surface area contributed by atoms with Crippen LogP contribution in [0.25, 0.3) is 0 Å². The topological polar surface area (TPSA) is 112 Å². The third kappa shape index (κ3) is 4.03. The number of anilines is 1. The minimum Gasteiger partial charge on any atom is -0.467 e. The number of imide groups is 2. The zero-order valence-corrected chi connectivity index (χ0v) is 15.5. The lowest BCUT2D eigenvalue weighted by Gasteiger charge is -2.19. The highest BCUT2D eigenvalue weighted by Gasteiger charge is 2.44. The molecule has 2 heterocycles. The van der Waals surface area contributed by atoms with Gasteiger partial charge in [0.1, 0.15) is 18.3 Å². The summed E-state index contributed by atoms with van der Waals surface area (Å²) in [5.74, 6) is -0.747. The highest BCUT2D eigenvalue weighted by atomic mass is 16.3. The van der Waals surface area contributed by atoms with Crippen molar-refractivity contribution in [1.29, 1.82) is 0 Å². The quantitative estimate of drug-likeness (QED) is 0.763. The summed E-state index contributed by atoms with van der Waals surface area (Å²) in [4.78, 5) is 51.1. The molecule has 0 spiro atoms. The van der Waals surface area contributed by atoms with Gasteiger partial charge in [0.05, 0.1) is 12.8 Å². The van der Waals surface area contributed by atoms with E-state index in [1.54, 1.807) is 31.2 Å². The SMILES string of the molecule is Cc1ccc(N2C(=O)N(CC(=O)NC(=O)NCc3ccco3)C(=O)[C@@H]2C)cc1. The number of nitrogens with zero attached hydrogens (tertiary/aromatic N) is 2. The van der Waals surface area contributed by atoms with Gasteiger partial charge in [0.15, 0.2) is 0 Å². The van der Waals surface area contributed by atoms with Gasteiger partial charge in [-0.25, -0.2) is 9.59 Å². The number of hydrogen-bond donors (Lipinski definition) is 2. The van der Waals surface area contributed by atoms with Gasteiger partial charge in [0.25, 0.3) is 5.91 Å². The first kappa shape index (κ1) is 19.2. The minimum atomic E-state index is -0.767. The molecular weight excluding hydrogens is 364 g/mol. The lowest BCUT2D eigenvalue weighted by atomic mass is 10.2. The molecule has 1 aromatic carbocycles. The molecule has 2 aromatic rings. The molecule has 28 heavy (non-hydrogen) atoms. The number of carbonyl (C=O) groups is 4. The Balaban J connectivity index is 1.59. The first-order valence-corrected chi connectivity index (χ1v) is 8.68. The van der Waals surface area contributed by atoms with E-state index in [-0.39, 0.29) is 6.54 Å². The smallest absolute Gasteiger partial charge is 0.332 e. The number of rotatable bonds is 5. The average Bonchev–Trinajstić information content (AvgIpc) is 3.25. The Morgan fingerprint density at radius 2 is 1.86 bits per heavy atom. The molecule has 2 N–H and O–H groups in total.